The third-order valence-electron chi connectivity index (χ3n) is 1.79. The van der Waals surface area contributed by atoms with E-state index in [2.05, 4.69) is 10.3 Å². The molecule has 0 atom stereocenters. The minimum atomic E-state index is -0.310. The summed E-state index contributed by atoms with van der Waals surface area (Å²) in [5, 5.41) is 7.10. The van der Waals surface area contributed by atoms with Crippen molar-refractivity contribution in [3.05, 3.63) is 22.9 Å². The summed E-state index contributed by atoms with van der Waals surface area (Å²) in [7, 11) is 0. The smallest absolute Gasteiger partial charge is 0.106 e. The summed E-state index contributed by atoms with van der Waals surface area (Å²) in [5.74, 6) is 0. The standard InChI is InChI=1S/C8H13N3O/c1-7-4-5-11(10-7)8(2,3)6-9-12/h4-5H,6H2,1-3H3. The fraction of sp³-hybridized carbons (Fsp3) is 0.625. The van der Waals surface area contributed by atoms with E-state index in [4.69, 9.17) is 0 Å². The van der Waals surface area contributed by atoms with Gasteiger partial charge in [-0.2, -0.15) is 10.0 Å². The molecule has 1 rings (SSSR count). The molecule has 0 saturated carbocycles. The second kappa shape index (κ2) is 3.05. The first-order valence-corrected chi connectivity index (χ1v) is 3.88. The van der Waals surface area contributed by atoms with Gasteiger partial charge in [-0.25, -0.2) is 0 Å². The van der Waals surface area contributed by atoms with Crippen molar-refractivity contribution in [1.82, 2.24) is 9.78 Å². The molecule has 0 unspecified atom stereocenters. The lowest BCUT2D eigenvalue weighted by atomic mass is 10.1. The normalized spacial score (nSPS) is 11.6. The van der Waals surface area contributed by atoms with Crippen LogP contribution in [0.4, 0.5) is 0 Å². The van der Waals surface area contributed by atoms with Gasteiger partial charge in [-0.05, 0) is 26.8 Å². The second-order valence-electron chi connectivity index (χ2n) is 3.50. The van der Waals surface area contributed by atoms with Crippen molar-refractivity contribution in [2.24, 2.45) is 5.18 Å². The number of hydrogen-bond acceptors (Lipinski definition) is 3. The summed E-state index contributed by atoms with van der Waals surface area (Å²) < 4.78 is 1.77. The van der Waals surface area contributed by atoms with Crippen LogP contribution < -0.4 is 0 Å². The summed E-state index contributed by atoms with van der Waals surface area (Å²) in [6.07, 6.45) is 1.86. The minimum Gasteiger partial charge on any atom is -0.265 e. The molecule has 0 amide bonds. The van der Waals surface area contributed by atoms with Crippen LogP contribution in [0.15, 0.2) is 17.4 Å². The van der Waals surface area contributed by atoms with E-state index < -0.39 is 0 Å². The number of rotatable bonds is 3. The largest absolute Gasteiger partial charge is 0.265 e. The predicted octanol–water partition coefficient (Wildman–Crippen LogP) is 1.69. The van der Waals surface area contributed by atoms with Crippen LogP contribution in [-0.2, 0) is 5.54 Å². The van der Waals surface area contributed by atoms with Gasteiger partial charge in [0.1, 0.15) is 6.54 Å². The van der Waals surface area contributed by atoms with Crippen molar-refractivity contribution in [2.75, 3.05) is 6.54 Å². The third-order valence-corrected chi connectivity index (χ3v) is 1.79. The molecule has 12 heavy (non-hydrogen) atoms. The van der Waals surface area contributed by atoms with Crippen LogP contribution in [0, 0.1) is 11.8 Å². The second-order valence-corrected chi connectivity index (χ2v) is 3.50. The van der Waals surface area contributed by atoms with Crippen molar-refractivity contribution in [3.8, 4) is 0 Å². The summed E-state index contributed by atoms with van der Waals surface area (Å²) in [5.41, 5.74) is 0.643. The van der Waals surface area contributed by atoms with Crippen LogP contribution in [0.1, 0.15) is 19.5 Å². The molecule has 0 radical (unpaired) electrons. The molecule has 0 saturated heterocycles. The quantitative estimate of drug-likeness (QED) is 0.643. The lowest BCUT2D eigenvalue weighted by molar-refractivity contribution is 0.329. The Bertz CT molecular complexity index is 278. The lowest BCUT2D eigenvalue weighted by Crippen LogP contribution is -2.30. The average molecular weight is 167 g/mol. The molecule has 0 aliphatic carbocycles. The molecule has 0 aliphatic rings. The maximum atomic E-state index is 10.1. The summed E-state index contributed by atoms with van der Waals surface area (Å²) in [4.78, 5) is 10.1. The van der Waals surface area contributed by atoms with E-state index in [0.29, 0.717) is 0 Å². The fourth-order valence-corrected chi connectivity index (χ4v) is 0.983. The maximum absolute atomic E-state index is 10.1. The van der Waals surface area contributed by atoms with Gasteiger partial charge >= 0.3 is 0 Å². The summed E-state index contributed by atoms with van der Waals surface area (Å²) >= 11 is 0. The molecule has 0 aromatic carbocycles. The van der Waals surface area contributed by atoms with Gasteiger partial charge in [0.05, 0.1) is 11.2 Å². The van der Waals surface area contributed by atoms with E-state index in [0.717, 1.165) is 5.69 Å². The Labute approximate surface area is 71.6 Å². The third kappa shape index (κ3) is 1.69. The Morgan fingerprint density at radius 1 is 1.67 bits per heavy atom. The number of nitrogens with zero attached hydrogens (tertiary/aromatic N) is 3. The molecule has 1 aromatic rings. The van der Waals surface area contributed by atoms with Gasteiger partial charge in [-0.3, -0.25) is 4.68 Å². The fourth-order valence-electron chi connectivity index (χ4n) is 0.983. The topological polar surface area (TPSA) is 47.2 Å². The number of aryl methyl sites for hydroxylation is 1. The van der Waals surface area contributed by atoms with Crippen molar-refractivity contribution >= 4 is 0 Å². The van der Waals surface area contributed by atoms with Crippen LogP contribution in [0.3, 0.4) is 0 Å². The Kier molecular flexibility index (Phi) is 2.26. The maximum Gasteiger partial charge on any atom is 0.106 e. The van der Waals surface area contributed by atoms with E-state index in [1.807, 2.05) is 33.0 Å². The van der Waals surface area contributed by atoms with E-state index in [9.17, 15) is 4.91 Å². The van der Waals surface area contributed by atoms with E-state index in [1.54, 1.807) is 4.68 Å². The Hall–Kier alpha value is -1.19. The lowest BCUT2D eigenvalue weighted by Gasteiger charge is -2.21. The van der Waals surface area contributed by atoms with Gasteiger partial charge in [0, 0.05) is 6.20 Å². The molecule has 0 bridgehead atoms. The van der Waals surface area contributed by atoms with E-state index in [1.165, 1.54) is 0 Å². The number of hydrogen-bond donors (Lipinski definition) is 0. The summed E-state index contributed by atoms with van der Waals surface area (Å²) in [6, 6.07) is 1.91. The zero-order valence-electron chi connectivity index (χ0n) is 7.61. The van der Waals surface area contributed by atoms with Crippen LogP contribution >= 0.6 is 0 Å². The molecular formula is C8H13N3O. The van der Waals surface area contributed by atoms with Crippen molar-refractivity contribution < 1.29 is 0 Å². The van der Waals surface area contributed by atoms with Gasteiger partial charge in [-0.15, -0.1) is 0 Å². The molecule has 4 nitrogen and oxygen atoms in total. The summed E-state index contributed by atoms with van der Waals surface area (Å²) in [6.45, 7) is 6.02. The van der Waals surface area contributed by atoms with Crippen LogP contribution in [-0.4, -0.2) is 16.3 Å². The first-order chi connectivity index (χ1) is 5.56. The molecule has 0 fully saturated rings. The molecule has 0 aliphatic heterocycles. The molecule has 1 aromatic heterocycles. The average Bonchev–Trinajstić information content (AvgIpc) is 2.36. The first-order valence-electron chi connectivity index (χ1n) is 3.88. The highest BCUT2D eigenvalue weighted by Gasteiger charge is 2.20. The monoisotopic (exact) mass is 167 g/mol. The van der Waals surface area contributed by atoms with Crippen LogP contribution in [0.2, 0.25) is 0 Å². The number of nitroso groups, excluding NO2 is 1. The Balaban J connectivity index is 2.88. The van der Waals surface area contributed by atoms with Gasteiger partial charge in [0.15, 0.2) is 0 Å². The molecular weight excluding hydrogens is 154 g/mol. The van der Waals surface area contributed by atoms with Gasteiger partial charge < -0.3 is 0 Å². The van der Waals surface area contributed by atoms with Gasteiger partial charge in [-0.1, -0.05) is 5.18 Å². The van der Waals surface area contributed by atoms with E-state index >= 15 is 0 Å². The van der Waals surface area contributed by atoms with Crippen LogP contribution in [0.25, 0.3) is 0 Å². The SMILES string of the molecule is Cc1ccn(C(C)(C)CN=O)n1. The highest BCUT2D eigenvalue weighted by atomic mass is 16.3. The minimum absolute atomic E-state index is 0.244. The molecule has 4 heteroatoms. The highest BCUT2D eigenvalue weighted by Crippen LogP contribution is 2.14. The highest BCUT2D eigenvalue weighted by molar-refractivity contribution is 4.98. The molecule has 0 N–H and O–H groups in total. The Morgan fingerprint density at radius 3 is 2.75 bits per heavy atom. The molecule has 66 valence electrons. The van der Waals surface area contributed by atoms with Crippen molar-refractivity contribution in [1.29, 1.82) is 0 Å². The van der Waals surface area contributed by atoms with Crippen molar-refractivity contribution in [3.63, 3.8) is 0 Å². The van der Waals surface area contributed by atoms with E-state index in [-0.39, 0.29) is 12.1 Å². The molecule has 1 heterocycles. The van der Waals surface area contributed by atoms with Gasteiger partial charge in [0.2, 0.25) is 0 Å². The number of aromatic nitrogens is 2. The Morgan fingerprint density at radius 2 is 2.33 bits per heavy atom. The van der Waals surface area contributed by atoms with Crippen LogP contribution in [0.5, 0.6) is 0 Å². The van der Waals surface area contributed by atoms with Gasteiger partial charge in [0.25, 0.3) is 0 Å². The zero-order valence-corrected chi connectivity index (χ0v) is 7.61. The zero-order chi connectivity index (χ0) is 9.19. The molecule has 0 spiro atoms. The first kappa shape index (κ1) is 8.90. The van der Waals surface area contributed by atoms with Crippen molar-refractivity contribution in [2.45, 2.75) is 26.3 Å². The predicted molar refractivity (Wildman–Crippen MR) is 46.9 cm³/mol.